The molecule has 2 bridgehead atoms. The average molecular weight is 363 g/mol. The first-order chi connectivity index (χ1) is 12.3. The number of allylic oxidation sites excluding steroid dienone is 1. The van der Waals surface area contributed by atoms with Gasteiger partial charge in [-0.2, -0.15) is 0 Å². The van der Waals surface area contributed by atoms with Gasteiger partial charge in [-0.1, -0.05) is 19.1 Å². The molecule has 4 heteroatoms. The smallest absolute Gasteiger partial charge is 0.305 e. The van der Waals surface area contributed by atoms with Gasteiger partial charge >= 0.3 is 5.97 Å². The van der Waals surface area contributed by atoms with Crippen LogP contribution in [0.15, 0.2) is 12.2 Å². The number of hydrogen-bond donors (Lipinski definition) is 0. The lowest BCUT2D eigenvalue weighted by atomic mass is 9.46. The summed E-state index contributed by atoms with van der Waals surface area (Å²) in [5, 5.41) is 0. The molecular formula is C22H34O4. The molecule has 0 aromatic heterocycles. The van der Waals surface area contributed by atoms with Crippen LogP contribution >= 0.6 is 0 Å². The van der Waals surface area contributed by atoms with Crippen molar-refractivity contribution in [1.29, 1.82) is 0 Å². The lowest BCUT2D eigenvalue weighted by molar-refractivity contribution is -0.148. The Morgan fingerprint density at radius 1 is 1.27 bits per heavy atom. The zero-order valence-electron chi connectivity index (χ0n) is 16.8. The van der Waals surface area contributed by atoms with E-state index in [1.54, 1.807) is 7.11 Å². The number of ether oxygens (including phenoxy) is 2. The van der Waals surface area contributed by atoms with Crippen molar-refractivity contribution in [2.75, 3.05) is 20.8 Å². The number of fused-ring (bicyclic) bond motifs is 1. The molecule has 26 heavy (non-hydrogen) atoms. The van der Waals surface area contributed by atoms with Crippen molar-refractivity contribution < 1.29 is 19.1 Å². The van der Waals surface area contributed by atoms with Crippen molar-refractivity contribution in [1.82, 2.24) is 0 Å². The van der Waals surface area contributed by atoms with Crippen molar-refractivity contribution in [3.63, 3.8) is 0 Å². The monoisotopic (exact) mass is 362 g/mol. The van der Waals surface area contributed by atoms with E-state index in [-0.39, 0.29) is 22.7 Å². The van der Waals surface area contributed by atoms with Gasteiger partial charge in [-0.25, -0.2) is 0 Å². The maximum atomic E-state index is 13.5. The third-order valence-electron chi connectivity index (χ3n) is 8.02. The third kappa shape index (κ3) is 2.85. The first-order valence-electron chi connectivity index (χ1n) is 10.1. The molecule has 3 rings (SSSR count). The molecule has 0 aromatic carbocycles. The van der Waals surface area contributed by atoms with Crippen LogP contribution in [0.5, 0.6) is 0 Å². The van der Waals surface area contributed by atoms with E-state index in [1.807, 2.05) is 0 Å². The van der Waals surface area contributed by atoms with Crippen LogP contribution in [-0.2, 0) is 19.1 Å². The number of carbonyl (C=O) groups is 2. The van der Waals surface area contributed by atoms with Gasteiger partial charge in [0.15, 0.2) is 0 Å². The maximum absolute atomic E-state index is 13.5. The summed E-state index contributed by atoms with van der Waals surface area (Å²) in [5.41, 5.74) is 0.914. The highest BCUT2D eigenvalue weighted by molar-refractivity contribution is 5.90. The zero-order valence-corrected chi connectivity index (χ0v) is 16.8. The molecule has 0 amide bonds. The zero-order chi connectivity index (χ0) is 19.1. The van der Waals surface area contributed by atoms with Crippen molar-refractivity contribution in [2.24, 2.45) is 34.5 Å². The molecule has 0 N–H and O–H groups in total. The van der Waals surface area contributed by atoms with Crippen LogP contribution in [0.2, 0.25) is 0 Å². The number of ketones is 1. The van der Waals surface area contributed by atoms with Crippen LogP contribution in [-0.4, -0.2) is 32.6 Å². The molecular weight excluding hydrogens is 328 g/mol. The topological polar surface area (TPSA) is 52.6 Å². The Morgan fingerprint density at radius 2 is 2.00 bits per heavy atom. The van der Waals surface area contributed by atoms with Gasteiger partial charge in [-0.3, -0.25) is 9.59 Å². The molecule has 0 aromatic rings. The predicted molar refractivity (Wildman–Crippen MR) is 101 cm³/mol. The Bertz CT molecular complexity index is 597. The van der Waals surface area contributed by atoms with Gasteiger partial charge in [-0.05, 0) is 68.6 Å². The number of esters is 1. The molecule has 1 spiro atoms. The minimum Gasteiger partial charge on any atom is -0.469 e. The summed E-state index contributed by atoms with van der Waals surface area (Å²) in [6.07, 6.45) is 6.36. The Kier molecular flexibility index (Phi) is 5.35. The fourth-order valence-corrected chi connectivity index (χ4v) is 6.93. The number of rotatable bonds is 6. The van der Waals surface area contributed by atoms with E-state index in [0.717, 1.165) is 38.5 Å². The van der Waals surface area contributed by atoms with Crippen LogP contribution in [0.3, 0.4) is 0 Å². The summed E-state index contributed by atoms with van der Waals surface area (Å²) >= 11 is 0. The third-order valence-corrected chi connectivity index (χ3v) is 8.02. The van der Waals surface area contributed by atoms with Gasteiger partial charge in [0.2, 0.25) is 0 Å². The van der Waals surface area contributed by atoms with E-state index in [1.165, 1.54) is 12.7 Å². The summed E-state index contributed by atoms with van der Waals surface area (Å²) < 4.78 is 10.3. The Labute approximate surface area is 157 Å². The number of methoxy groups -OCH3 is 2. The standard InChI is InChI=1S/C22H34O4/c1-14(2)17-8-11-22-12-15(16(13-25-4)20(22)24)6-7-18(22)21(17,3)10-9-19(23)26-5/h15-18H,1,6-13H2,2-5H3/t15-,16?,17+,18-,21+,22+/m0/s1. The summed E-state index contributed by atoms with van der Waals surface area (Å²) in [6.45, 7) is 9.23. The largest absolute Gasteiger partial charge is 0.469 e. The van der Waals surface area contributed by atoms with Crippen LogP contribution in [0, 0.1) is 34.5 Å². The first kappa shape index (κ1) is 19.6. The quantitative estimate of drug-likeness (QED) is 0.525. The SMILES string of the molecule is C=C(C)[C@H]1CC[C@@]23C[C@H](CC[C@H]2[C@]1(C)CCC(=O)OC)C(COC)C3=O. The lowest BCUT2D eigenvalue weighted by Gasteiger charge is -2.57. The fraction of sp³-hybridized carbons (Fsp3) is 0.818. The summed E-state index contributed by atoms with van der Waals surface area (Å²) in [4.78, 5) is 25.4. The highest BCUT2D eigenvalue weighted by atomic mass is 16.5. The highest BCUT2D eigenvalue weighted by Crippen LogP contribution is 2.68. The minimum absolute atomic E-state index is 0.0660. The van der Waals surface area contributed by atoms with Crippen LogP contribution in [0.4, 0.5) is 0 Å². The number of hydrogen-bond acceptors (Lipinski definition) is 4. The molecule has 0 heterocycles. The number of Topliss-reactive ketones (excluding diaryl/α,β-unsaturated/α-hetero) is 1. The molecule has 1 unspecified atom stereocenters. The molecule has 3 saturated carbocycles. The van der Waals surface area contributed by atoms with Crippen molar-refractivity contribution in [3.8, 4) is 0 Å². The Morgan fingerprint density at radius 3 is 2.62 bits per heavy atom. The van der Waals surface area contributed by atoms with Gasteiger partial charge in [0.1, 0.15) is 5.78 Å². The van der Waals surface area contributed by atoms with Crippen molar-refractivity contribution in [2.45, 2.75) is 58.8 Å². The summed E-state index contributed by atoms with van der Waals surface area (Å²) in [5.74, 6) is 1.53. The molecule has 0 radical (unpaired) electrons. The molecule has 3 aliphatic rings. The van der Waals surface area contributed by atoms with Gasteiger partial charge in [0.25, 0.3) is 0 Å². The van der Waals surface area contributed by atoms with E-state index in [0.29, 0.717) is 36.6 Å². The molecule has 146 valence electrons. The second-order valence-corrected chi connectivity index (χ2v) is 9.20. The molecule has 4 nitrogen and oxygen atoms in total. The molecule has 3 fully saturated rings. The van der Waals surface area contributed by atoms with Crippen LogP contribution < -0.4 is 0 Å². The van der Waals surface area contributed by atoms with Crippen molar-refractivity contribution >= 4 is 11.8 Å². The fourth-order valence-electron chi connectivity index (χ4n) is 6.93. The minimum atomic E-state index is -0.205. The second-order valence-electron chi connectivity index (χ2n) is 9.20. The van der Waals surface area contributed by atoms with Gasteiger partial charge in [0.05, 0.1) is 13.7 Å². The normalized spacial score (nSPS) is 41.6. The van der Waals surface area contributed by atoms with E-state index < -0.39 is 0 Å². The second kappa shape index (κ2) is 7.10. The Balaban J connectivity index is 1.95. The van der Waals surface area contributed by atoms with E-state index >= 15 is 0 Å². The van der Waals surface area contributed by atoms with E-state index in [2.05, 4.69) is 20.4 Å². The van der Waals surface area contributed by atoms with Crippen molar-refractivity contribution in [3.05, 3.63) is 12.2 Å². The van der Waals surface area contributed by atoms with Gasteiger partial charge < -0.3 is 9.47 Å². The average Bonchev–Trinajstić information content (AvgIpc) is 2.80. The maximum Gasteiger partial charge on any atom is 0.305 e. The van der Waals surface area contributed by atoms with Crippen LogP contribution in [0.25, 0.3) is 0 Å². The van der Waals surface area contributed by atoms with E-state index in [9.17, 15) is 9.59 Å². The summed E-state index contributed by atoms with van der Waals surface area (Å²) in [7, 11) is 3.15. The van der Waals surface area contributed by atoms with Crippen LogP contribution in [0.1, 0.15) is 58.8 Å². The van der Waals surface area contributed by atoms with Gasteiger partial charge in [-0.15, -0.1) is 0 Å². The molecule has 3 aliphatic carbocycles. The first-order valence-corrected chi connectivity index (χ1v) is 10.1. The molecule has 0 aliphatic heterocycles. The molecule has 0 saturated heterocycles. The van der Waals surface area contributed by atoms with E-state index in [4.69, 9.17) is 9.47 Å². The molecule has 6 atom stereocenters. The Hall–Kier alpha value is -1.16. The van der Waals surface area contributed by atoms with Gasteiger partial charge in [0, 0.05) is 24.9 Å². The lowest BCUT2D eigenvalue weighted by Crippen LogP contribution is -2.53. The summed E-state index contributed by atoms with van der Waals surface area (Å²) in [6, 6.07) is 0. The number of carbonyl (C=O) groups excluding carboxylic acids is 2. The predicted octanol–water partition coefficient (Wildman–Crippen LogP) is 4.18. The highest BCUT2D eigenvalue weighted by Gasteiger charge is 2.65.